The molecular formula is C45H49ClN6O8S3. The maximum Gasteiger partial charge on any atom is 0.275 e. The summed E-state index contributed by atoms with van der Waals surface area (Å²) in [5, 5.41) is 13.7. The topological polar surface area (TPSA) is 185 Å². The number of hydrogen-bond donors (Lipinski definition) is 2. The van der Waals surface area contributed by atoms with Gasteiger partial charge >= 0.3 is 0 Å². The molecule has 1 saturated heterocycles. The number of nitrogens with zero attached hydrogens (tertiary/aromatic N) is 4. The number of hydrogen-bond acceptors (Lipinski definition) is 12. The molecule has 2 aliphatic heterocycles. The normalized spacial score (nSPS) is 18.3. The molecule has 1 fully saturated rings. The van der Waals surface area contributed by atoms with Crippen LogP contribution in [0.3, 0.4) is 0 Å². The number of benzene rings is 3. The number of nitro benzene ring substituents is 1. The number of thioether (sulfide) groups is 1. The minimum absolute atomic E-state index is 0.0506. The SMILES string of the molecule is CC1(C)CCC(CN2CCN(c3ccc(C(=O)NS(=O)(=O)c4cc5c(c([N+](=O)[O-])c4)C[C@@H](CCS(C)(=O)=O)CS5)c(Oc4cnc5[nH]ccc5c4)c3)CC2)=C(c2ccc(Cl)cc2)C1. The predicted octanol–water partition coefficient (Wildman–Crippen LogP) is 8.52. The van der Waals surface area contributed by atoms with E-state index in [-0.39, 0.29) is 34.8 Å². The molecule has 0 spiro atoms. The molecule has 4 heterocycles. The monoisotopic (exact) mass is 932 g/mol. The summed E-state index contributed by atoms with van der Waals surface area (Å²) in [7, 11) is -7.85. The van der Waals surface area contributed by atoms with E-state index < -0.39 is 41.3 Å². The number of amides is 1. The van der Waals surface area contributed by atoms with Crippen molar-refractivity contribution in [1.29, 1.82) is 0 Å². The van der Waals surface area contributed by atoms with Crippen LogP contribution >= 0.6 is 23.4 Å². The van der Waals surface area contributed by atoms with Gasteiger partial charge in [-0.3, -0.25) is 19.8 Å². The predicted molar refractivity (Wildman–Crippen MR) is 247 cm³/mol. The van der Waals surface area contributed by atoms with Crippen molar-refractivity contribution in [3.8, 4) is 11.5 Å². The van der Waals surface area contributed by atoms with Crippen molar-refractivity contribution in [2.75, 3.05) is 55.4 Å². The molecule has 1 amide bonds. The number of piperazine rings is 1. The number of aromatic amines is 1. The van der Waals surface area contributed by atoms with E-state index in [1.807, 2.05) is 18.2 Å². The van der Waals surface area contributed by atoms with E-state index >= 15 is 0 Å². The van der Waals surface area contributed by atoms with Gasteiger partial charge in [0.05, 0.1) is 27.3 Å². The Kier molecular flexibility index (Phi) is 12.7. The van der Waals surface area contributed by atoms with Gasteiger partial charge in [0, 0.05) is 89.6 Å². The number of rotatable bonds is 13. The number of aromatic nitrogens is 2. The first-order valence-electron chi connectivity index (χ1n) is 20.8. The summed E-state index contributed by atoms with van der Waals surface area (Å²) in [5.41, 5.74) is 5.60. The zero-order valence-corrected chi connectivity index (χ0v) is 38.4. The molecule has 332 valence electrons. The first kappa shape index (κ1) is 44.7. The van der Waals surface area contributed by atoms with Gasteiger partial charge in [-0.2, -0.15) is 0 Å². The van der Waals surface area contributed by atoms with Crippen molar-refractivity contribution in [3.05, 3.63) is 117 Å². The van der Waals surface area contributed by atoms with Gasteiger partial charge in [0.1, 0.15) is 27.0 Å². The summed E-state index contributed by atoms with van der Waals surface area (Å²) in [5.74, 6) is -0.273. The number of fused-ring (bicyclic) bond motifs is 2. The van der Waals surface area contributed by atoms with E-state index in [9.17, 15) is 31.7 Å². The molecule has 63 heavy (non-hydrogen) atoms. The molecule has 0 radical (unpaired) electrons. The highest BCUT2D eigenvalue weighted by Crippen LogP contribution is 2.44. The fourth-order valence-electron chi connectivity index (χ4n) is 8.60. The highest BCUT2D eigenvalue weighted by Gasteiger charge is 2.33. The molecule has 14 nitrogen and oxygen atoms in total. The van der Waals surface area contributed by atoms with Crippen LogP contribution in [0.25, 0.3) is 16.6 Å². The Balaban J connectivity index is 1.02. The van der Waals surface area contributed by atoms with Crippen LogP contribution in [-0.4, -0.2) is 93.0 Å². The van der Waals surface area contributed by atoms with Gasteiger partial charge in [-0.1, -0.05) is 43.2 Å². The van der Waals surface area contributed by atoms with Gasteiger partial charge in [0.2, 0.25) is 0 Å². The molecule has 1 aliphatic carbocycles. The molecule has 0 saturated carbocycles. The van der Waals surface area contributed by atoms with Gasteiger partial charge in [-0.25, -0.2) is 26.5 Å². The number of carbonyl (C=O) groups excluding carboxylic acids is 1. The molecule has 0 bridgehead atoms. The summed E-state index contributed by atoms with van der Waals surface area (Å²) in [4.78, 5) is 37.7. The van der Waals surface area contributed by atoms with Crippen LogP contribution in [0, 0.1) is 21.4 Å². The van der Waals surface area contributed by atoms with Gasteiger partial charge < -0.3 is 14.6 Å². The highest BCUT2D eigenvalue weighted by atomic mass is 35.5. The molecule has 8 rings (SSSR count). The zero-order chi connectivity index (χ0) is 44.7. The number of anilines is 1. The van der Waals surface area contributed by atoms with E-state index in [1.54, 1.807) is 24.4 Å². The fourth-order valence-corrected chi connectivity index (χ4v) is 11.8. The van der Waals surface area contributed by atoms with E-state index in [0.717, 1.165) is 67.3 Å². The average molecular weight is 934 g/mol. The van der Waals surface area contributed by atoms with Crippen LogP contribution in [-0.2, 0) is 26.3 Å². The Morgan fingerprint density at radius 2 is 1.81 bits per heavy atom. The number of pyridine rings is 1. The van der Waals surface area contributed by atoms with Gasteiger partial charge in [0.15, 0.2) is 0 Å². The molecule has 3 aromatic carbocycles. The molecule has 2 aromatic heterocycles. The Bertz CT molecular complexity index is 2840. The minimum Gasteiger partial charge on any atom is -0.455 e. The lowest BCUT2D eigenvalue weighted by Crippen LogP contribution is -2.47. The Labute approximate surface area is 376 Å². The molecule has 5 aromatic rings. The highest BCUT2D eigenvalue weighted by molar-refractivity contribution is 7.99. The molecule has 18 heteroatoms. The van der Waals surface area contributed by atoms with E-state index in [1.165, 1.54) is 46.8 Å². The van der Waals surface area contributed by atoms with Crippen LogP contribution in [0.15, 0.2) is 94.5 Å². The van der Waals surface area contributed by atoms with Crippen molar-refractivity contribution in [1.82, 2.24) is 19.6 Å². The van der Waals surface area contributed by atoms with Crippen molar-refractivity contribution >= 4 is 77.1 Å². The third kappa shape index (κ3) is 10.5. The second kappa shape index (κ2) is 17.9. The van der Waals surface area contributed by atoms with E-state index in [0.29, 0.717) is 47.1 Å². The smallest absolute Gasteiger partial charge is 0.275 e. The number of halogens is 1. The maximum absolute atomic E-state index is 14.0. The first-order valence-corrected chi connectivity index (χ1v) is 25.7. The van der Waals surface area contributed by atoms with Gasteiger partial charge in [-0.15, -0.1) is 11.8 Å². The molecule has 2 N–H and O–H groups in total. The lowest BCUT2D eigenvalue weighted by molar-refractivity contribution is -0.386. The van der Waals surface area contributed by atoms with E-state index in [2.05, 4.69) is 50.5 Å². The standard InChI is InChI=1S/C45H49ClN6O8S3/c1-45(2)13-10-32(39(25-45)30-4-6-33(46)7-5-30)27-50-15-17-51(18-16-50)34-8-9-37(41(22-34)60-35-21-31-11-14-47-43(31)48-26-35)44(53)49-63(58,59)36-23-40(52(54)55)38-20-29(12-19-62(3,56)57)28-61-42(38)24-36/h4-9,11,14,21-24,26,29H,10,12-13,15-20,25,27-28H2,1-3H3,(H,47,48)(H,49,53)/t29-/m1/s1. The van der Waals surface area contributed by atoms with Crippen LogP contribution in [0.1, 0.15) is 61.0 Å². The second-order valence-corrected chi connectivity index (χ2v) is 22.9. The lowest BCUT2D eigenvalue weighted by Gasteiger charge is -2.39. The van der Waals surface area contributed by atoms with Crippen molar-refractivity contribution in [2.45, 2.75) is 55.7 Å². The average Bonchev–Trinajstić information content (AvgIpc) is 3.71. The van der Waals surface area contributed by atoms with Crippen LogP contribution < -0.4 is 14.4 Å². The summed E-state index contributed by atoms with van der Waals surface area (Å²) in [6.45, 7) is 8.54. The summed E-state index contributed by atoms with van der Waals surface area (Å²) in [6, 6.07) is 19.0. The summed E-state index contributed by atoms with van der Waals surface area (Å²) >= 11 is 7.47. The number of allylic oxidation sites excluding steroid dienone is 1. The quantitative estimate of drug-likeness (QED) is 0.0849. The summed E-state index contributed by atoms with van der Waals surface area (Å²) < 4.78 is 59.7. The maximum atomic E-state index is 14.0. The van der Waals surface area contributed by atoms with E-state index in [4.69, 9.17) is 16.3 Å². The molecule has 3 aliphatic rings. The van der Waals surface area contributed by atoms with Crippen LogP contribution in [0.2, 0.25) is 5.02 Å². The van der Waals surface area contributed by atoms with Crippen molar-refractivity contribution < 1.29 is 31.3 Å². The first-order chi connectivity index (χ1) is 29.9. The van der Waals surface area contributed by atoms with Crippen molar-refractivity contribution in [2.24, 2.45) is 11.3 Å². The number of nitro groups is 1. The van der Waals surface area contributed by atoms with Crippen molar-refractivity contribution in [3.63, 3.8) is 0 Å². The Hall–Kier alpha value is -4.94. The Morgan fingerprint density at radius 3 is 2.54 bits per heavy atom. The number of ether oxygens (including phenoxy) is 1. The number of nitrogens with one attached hydrogen (secondary N) is 2. The number of sulfone groups is 1. The molecule has 0 unspecified atom stereocenters. The van der Waals surface area contributed by atoms with Crippen LogP contribution in [0.4, 0.5) is 11.4 Å². The molecule has 1 atom stereocenters. The lowest BCUT2D eigenvalue weighted by atomic mass is 9.72. The van der Waals surface area contributed by atoms with Gasteiger partial charge in [-0.05, 0) is 97.0 Å². The number of sulfonamides is 1. The van der Waals surface area contributed by atoms with Gasteiger partial charge in [0.25, 0.3) is 21.6 Å². The summed E-state index contributed by atoms with van der Waals surface area (Å²) in [6.07, 6.45) is 8.12. The number of H-pyrrole nitrogens is 1. The zero-order valence-electron chi connectivity index (χ0n) is 35.2. The second-order valence-electron chi connectivity index (χ2n) is 17.5. The third-order valence-electron chi connectivity index (χ3n) is 12.1. The Morgan fingerprint density at radius 1 is 1.05 bits per heavy atom. The molecular weight excluding hydrogens is 884 g/mol. The largest absolute Gasteiger partial charge is 0.455 e. The van der Waals surface area contributed by atoms with Crippen LogP contribution in [0.5, 0.6) is 11.5 Å². The minimum atomic E-state index is -4.62. The third-order valence-corrected chi connectivity index (χ3v) is 16.0. The number of carbonyl (C=O) groups is 1. The fraction of sp³-hybridized carbons (Fsp3) is 0.378.